The van der Waals surface area contributed by atoms with E-state index in [0.29, 0.717) is 5.82 Å². The number of nitrogens with two attached hydrogens (primary N) is 1. The van der Waals surface area contributed by atoms with E-state index in [0.717, 1.165) is 37.9 Å². The lowest BCUT2D eigenvalue weighted by atomic mass is 10.2. The summed E-state index contributed by atoms with van der Waals surface area (Å²) in [5.41, 5.74) is 2.59. The summed E-state index contributed by atoms with van der Waals surface area (Å²) in [6.07, 6.45) is 0. The highest BCUT2D eigenvalue weighted by Gasteiger charge is 2.15. The monoisotopic (exact) mass is 237 g/mol. The minimum absolute atomic E-state index is 0.281. The fraction of sp³-hybridized carbons (Fsp3) is 0.636. The molecule has 1 saturated heterocycles. The second-order valence-corrected chi connectivity index (χ2v) is 4.37. The molecule has 1 aliphatic rings. The summed E-state index contributed by atoms with van der Waals surface area (Å²) in [5, 5.41) is 0. The molecule has 3 N–H and O–H groups in total. The summed E-state index contributed by atoms with van der Waals surface area (Å²) >= 11 is 0. The maximum absolute atomic E-state index is 5.43. The first-order valence-corrected chi connectivity index (χ1v) is 5.89. The van der Waals surface area contributed by atoms with Crippen molar-refractivity contribution in [1.82, 2.24) is 9.97 Å². The quantitative estimate of drug-likeness (QED) is 0.596. The minimum Gasteiger partial charge on any atom is -0.378 e. The molecule has 0 atom stereocenters. The zero-order valence-corrected chi connectivity index (χ0v) is 10.3. The van der Waals surface area contributed by atoms with Crippen molar-refractivity contribution in [1.29, 1.82) is 0 Å². The van der Waals surface area contributed by atoms with Crippen molar-refractivity contribution in [3.63, 3.8) is 0 Å². The fourth-order valence-corrected chi connectivity index (χ4v) is 1.74. The highest BCUT2D eigenvalue weighted by molar-refractivity contribution is 5.49. The summed E-state index contributed by atoms with van der Waals surface area (Å²) in [5.74, 6) is 8.10. The van der Waals surface area contributed by atoms with Gasteiger partial charge in [0.15, 0.2) is 0 Å². The third-order valence-corrected chi connectivity index (χ3v) is 2.73. The Kier molecular flexibility index (Phi) is 3.75. The van der Waals surface area contributed by atoms with E-state index < -0.39 is 0 Å². The first-order chi connectivity index (χ1) is 8.20. The number of nitrogens with one attached hydrogen (secondary N) is 1. The fourth-order valence-electron chi connectivity index (χ4n) is 1.74. The molecule has 1 aromatic rings. The van der Waals surface area contributed by atoms with Gasteiger partial charge >= 0.3 is 0 Å². The van der Waals surface area contributed by atoms with E-state index in [-0.39, 0.29) is 5.92 Å². The lowest BCUT2D eigenvalue weighted by molar-refractivity contribution is 0.122. The molecular formula is C11H19N5O. The van der Waals surface area contributed by atoms with Gasteiger partial charge in [0.05, 0.1) is 13.2 Å². The van der Waals surface area contributed by atoms with Crippen molar-refractivity contribution in [2.24, 2.45) is 5.84 Å². The van der Waals surface area contributed by atoms with Crippen molar-refractivity contribution in [3.05, 3.63) is 11.9 Å². The highest BCUT2D eigenvalue weighted by Crippen LogP contribution is 2.20. The number of aromatic nitrogens is 2. The topological polar surface area (TPSA) is 76.3 Å². The Labute approximate surface area is 101 Å². The summed E-state index contributed by atoms with van der Waals surface area (Å²) < 4.78 is 5.33. The van der Waals surface area contributed by atoms with Gasteiger partial charge in [-0.15, -0.1) is 0 Å². The molecule has 1 aliphatic heterocycles. The lowest BCUT2D eigenvalue weighted by Gasteiger charge is -2.28. The number of anilines is 2. The molecule has 1 fully saturated rings. The molecule has 0 amide bonds. The minimum atomic E-state index is 0.281. The molecule has 94 valence electrons. The lowest BCUT2D eigenvalue weighted by Crippen LogP contribution is -2.37. The predicted octanol–water partition coefficient (Wildman–Crippen LogP) is 0.722. The Balaban J connectivity index is 2.28. The van der Waals surface area contributed by atoms with Gasteiger partial charge in [0.1, 0.15) is 17.5 Å². The van der Waals surface area contributed by atoms with Gasteiger partial charge in [-0.1, -0.05) is 13.8 Å². The normalized spacial score (nSPS) is 16.4. The SMILES string of the molecule is CC(C)c1nc(NN)cc(N2CCOCC2)n1. The van der Waals surface area contributed by atoms with Crippen LogP contribution in [0.4, 0.5) is 11.6 Å². The van der Waals surface area contributed by atoms with Gasteiger partial charge in [-0.25, -0.2) is 15.8 Å². The summed E-state index contributed by atoms with van der Waals surface area (Å²) in [6.45, 7) is 7.34. The molecule has 2 rings (SSSR count). The third-order valence-electron chi connectivity index (χ3n) is 2.73. The summed E-state index contributed by atoms with van der Waals surface area (Å²) in [7, 11) is 0. The van der Waals surface area contributed by atoms with Crippen molar-refractivity contribution >= 4 is 11.6 Å². The largest absolute Gasteiger partial charge is 0.378 e. The number of hydrogen-bond acceptors (Lipinski definition) is 6. The molecule has 0 aliphatic carbocycles. The molecule has 0 unspecified atom stereocenters. The number of nitrogens with zero attached hydrogens (tertiary/aromatic N) is 3. The smallest absolute Gasteiger partial charge is 0.145 e. The van der Waals surface area contributed by atoms with E-state index in [1.165, 1.54) is 0 Å². The average Bonchev–Trinajstić information content (AvgIpc) is 2.39. The van der Waals surface area contributed by atoms with E-state index in [2.05, 4.69) is 34.1 Å². The number of hydrazine groups is 1. The van der Waals surface area contributed by atoms with Gasteiger partial charge in [0.2, 0.25) is 0 Å². The van der Waals surface area contributed by atoms with Crippen molar-refractivity contribution in [2.45, 2.75) is 19.8 Å². The van der Waals surface area contributed by atoms with Crippen molar-refractivity contribution in [3.8, 4) is 0 Å². The maximum Gasteiger partial charge on any atom is 0.145 e. The zero-order chi connectivity index (χ0) is 12.3. The van der Waals surface area contributed by atoms with Gasteiger partial charge in [0.25, 0.3) is 0 Å². The first kappa shape index (κ1) is 12.1. The molecule has 1 aromatic heterocycles. The van der Waals surface area contributed by atoms with Crippen LogP contribution in [0.1, 0.15) is 25.6 Å². The van der Waals surface area contributed by atoms with Crippen LogP contribution < -0.4 is 16.2 Å². The Morgan fingerprint density at radius 2 is 2.06 bits per heavy atom. The van der Waals surface area contributed by atoms with Gasteiger partial charge in [0, 0.05) is 25.1 Å². The average molecular weight is 237 g/mol. The van der Waals surface area contributed by atoms with Crippen molar-refractivity contribution in [2.75, 3.05) is 36.6 Å². The molecule has 0 aromatic carbocycles. The maximum atomic E-state index is 5.43. The first-order valence-electron chi connectivity index (χ1n) is 5.89. The predicted molar refractivity (Wildman–Crippen MR) is 67.0 cm³/mol. The van der Waals surface area contributed by atoms with Gasteiger partial charge < -0.3 is 15.1 Å². The Bertz CT molecular complexity index is 376. The molecule has 0 spiro atoms. The van der Waals surface area contributed by atoms with Crippen LogP contribution in [0.2, 0.25) is 0 Å². The molecule has 17 heavy (non-hydrogen) atoms. The Morgan fingerprint density at radius 1 is 1.35 bits per heavy atom. The Morgan fingerprint density at radius 3 is 2.65 bits per heavy atom. The molecular weight excluding hydrogens is 218 g/mol. The molecule has 0 saturated carbocycles. The number of ether oxygens (including phenoxy) is 1. The molecule has 0 bridgehead atoms. The van der Waals surface area contributed by atoms with Crippen LogP contribution in [0.3, 0.4) is 0 Å². The van der Waals surface area contributed by atoms with Crippen LogP contribution in [-0.2, 0) is 4.74 Å². The number of rotatable bonds is 3. The van der Waals surface area contributed by atoms with E-state index in [9.17, 15) is 0 Å². The van der Waals surface area contributed by atoms with Crippen LogP contribution >= 0.6 is 0 Å². The van der Waals surface area contributed by atoms with E-state index in [1.807, 2.05) is 6.07 Å². The molecule has 2 heterocycles. The van der Waals surface area contributed by atoms with Crippen LogP contribution in [-0.4, -0.2) is 36.3 Å². The number of nitrogen functional groups attached to an aromatic ring is 1. The van der Waals surface area contributed by atoms with Crippen LogP contribution in [0, 0.1) is 0 Å². The van der Waals surface area contributed by atoms with E-state index >= 15 is 0 Å². The van der Waals surface area contributed by atoms with E-state index in [4.69, 9.17) is 10.6 Å². The molecule has 6 heteroatoms. The summed E-state index contributed by atoms with van der Waals surface area (Å²) in [6, 6.07) is 1.87. The number of morpholine rings is 1. The number of hydrogen-bond donors (Lipinski definition) is 2. The van der Waals surface area contributed by atoms with Gasteiger partial charge in [-0.05, 0) is 0 Å². The Hall–Kier alpha value is -1.40. The molecule has 6 nitrogen and oxygen atoms in total. The second-order valence-electron chi connectivity index (χ2n) is 4.37. The van der Waals surface area contributed by atoms with Crippen LogP contribution in [0.5, 0.6) is 0 Å². The second kappa shape index (κ2) is 5.29. The summed E-state index contributed by atoms with van der Waals surface area (Å²) in [4.78, 5) is 11.1. The highest BCUT2D eigenvalue weighted by atomic mass is 16.5. The van der Waals surface area contributed by atoms with Crippen LogP contribution in [0.25, 0.3) is 0 Å². The van der Waals surface area contributed by atoms with Gasteiger partial charge in [-0.3, -0.25) is 0 Å². The van der Waals surface area contributed by atoms with Crippen molar-refractivity contribution < 1.29 is 4.74 Å². The zero-order valence-electron chi connectivity index (χ0n) is 10.3. The van der Waals surface area contributed by atoms with E-state index in [1.54, 1.807) is 0 Å². The van der Waals surface area contributed by atoms with Crippen LogP contribution in [0.15, 0.2) is 6.07 Å². The molecule has 0 radical (unpaired) electrons. The van der Waals surface area contributed by atoms with Gasteiger partial charge in [-0.2, -0.15) is 0 Å². The third kappa shape index (κ3) is 2.83. The standard InChI is InChI=1S/C11H19N5O/c1-8(2)11-13-9(15-12)7-10(14-11)16-3-5-17-6-4-16/h7-8H,3-6,12H2,1-2H3,(H,13,14,15).